The third-order valence-electron chi connectivity index (χ3n) is 4.39. The summed E-state index contributed by atoms with van der Waals surface area (Å²) in [5.41, 5.74) is 0. The van der Waals surface area contributed by atoms with Gasteiger partial charge >= 0.3 is 0 Å². The summed E-state index contributed by atoms with van der Waals surface area (Å²) < 4.78 is 12.4. The van der Waals surface area contributed by atoms with E-state index in [1.165, 1.54) is 0 Å². The van der Waals surface area contributed by atoms with Gasteiger partial charge in [-0.3, -0.25) is 0 Å². The summed E-state index contributed by atoms with van der Waals surface area (Å²) in [7, 11) is -3.25. The van der Waals surface area contributed by atoms with Gasteiger partial charge in [-0.15, -0.1) is 12.5 Å². The summed E-state index contributed by atoms with van der Waals surface area (Å²) in [5, 5.41) is 0.286. The molecule has 0 aliphatic heterocycles. The minimum atomic E-state index is -1.65. The molecule has 0 aromatic heterocycles. The van der Waals surface area contributed by atoms with Crippen LogP contribution in [0.15, 0.2) is 12.7 Å². The fourth-order valence-electron chi connectivity index (χ4n) is 1.75. The van der Waals surface area contributed by atoms with Crippen molar-refractivity contribution in [2.24, 2.45) is 0 Å². The molecular weight excluding hydrogens is 396 g/mol. The van der Waals surface area contributed by atoms with Gasteiger partial charge in [0.2, 0.25) is 0 Å². The first-order valence-electron chi connectivity index (χ1n) is 8.92. The Morgan fingerprint density at radius 2 is 1.79 bits per heavy atom. The third-order valence-corrected chi connectivity index (χ3v) is 14.5. The minimum Gasteiger partial charge on any atom is -0.417 e. The van der Waals surface area contributed by atoms with E-state index in [9.17, 15) is 0 Å². The summed E-state index contributed by atoms with van der Waals surface area (Å²) in [6, 6.07) is 0. The molecule has 5 heteroatoms. The van der Waals surface area contributed by atoms with Crippen LogP contribution < -0.4 is 0 Å². The van der Waals surface area contributed by atoms with Gasteiger partial charge < -0.3 is 8.85 Å². The quantitative estimate of drug-likeness (QED) is 0.133. The Morgan fingerprint density at radius 3 is 2.29 bits per heavy atom. The number of hydrogen-bond donors (Lipinski definition) is 0. The minimum absolute atomic E-state index is 0.00908. The molecule has 0 aliphatic rings. The lowest BCUT2D eigenvalue weighted by Crippen LogP contribution is -2.40. The molecule has 0 fully saturated rings. The van der Waals surface area contributed by atoms with E-state index in [0.717, 1.165) is 37.2 Å². The van der Waals surface area contributed by atoms with Crippen LogP contribution in [-0.2, 0) is 8.85 Å². The molecule has 0 saturated carbocycles. The second-order valence-electron chi connectivity index (χ2n) is 8.41. The first kappa shape index (κ1) is 24.1. The van der Waals surface area contributed by atoms with Crippen LogP contribution in [0, 0.1) is 11.8 Å². The van der Waals surface area contributed by atoms with E-state index >= 15 is 0 Å². The van der Waals surface area contributed by atoms with Crippen LogP contribution in [0.4, 0.5) is 0 Å². The first-order chi connectivity index (χ1) is 10.9. The zero-order chi connectivity index (χ0) is 18.9. The largest absolute Gasteiger partial charge is 0.417 e. The summed E-state index contributed by atoms with van der Waals surface area (Å²) >= 11 is 3.54. The molecule has 0 saturated heterocycles. The van der Waals surface area contributed by atoms with Crippen LogP contribution >= 0.6 is 15.9 Å². The maximum absolute atomic E-state index is 6.19. The van der Waals surface area contributed by atoms with E-state index in [-0.39, 0.29) is 11.1 Å². The van der Waals surface area contributed by atoms with Crippen molar-refractivity contribution in [2.75, 3.05) is 11.6 Å². The molecular formula is C19H37BrO2Si2. The van der Waals surface area contributed by atoms with E-state index in [1.807, 2.05) is 6.08 Å². The lowest BCUT2D eigenvalue weighted by atomic mass is 10.2. The molecule has 1 unspecified atom stereocenters. The van der Waals surface area contributed by atoms with Crippen molar-refractivity contribution in [2.45, 2.75) is 83.8 Å². The Labute approximate surface area is 161 Å². The van der Waals surface area contributed by atoms with E-state index in [2.05, 4.69) is 81.3 Å². The Kier molecular flexibility index (Phi) is 11.0. The first-order valence-corrected chi connectivity index (χ1v) is 16.1. The number of rotatable bonds is 10. The molecule has 0 spiro atoms. The van der Waals surface area contributed by atoms with Crippen LogP contribution in [0.2, 0.25) is 31.2 Å². The van der Waals surface area contributed by atoms with Crippen LogP contribution in [-0.4, -0.2) is 34.3 Å². The van der Waals surface area contributed by atoms with Crippen molar-refractivity contribution in [3.05, 3.63) is 12.7 Å². The lowest BCUT2D eigenvalue weighted by molar-refractivity contribution is 0.254. The van der Waals surface area contributed by atoms with Crippen molar-refractivity contribution in [3.63, 3.8) is 0 Å². The Bertz CT molecular complexity index is 431. The molecule has 24 heavy (non-hydrogen) atoms. The Morgan fingerprint density at radius 1 is 1.17 bits per heavy atom. The normalized spacial score (nSPS) is 14.0. The molecule has 0 aromatic rings. The predicted molar refractivity (Wildman–Crippen MR) is 116 cm³/mol. The van der Waals surface area contributed by atoms with Crippen molar-refractivity contribution in [1.82, 2.24) is 0 Å². The van der Waals surface area contributed by atoms with E-state index in [4.69, 9.17) is 8.85 Å². The fraction of sp³-hybridized carbons (Fsp3) is 0.789. The van der Waals surface area contributed by atoms with Gasteiger partial charge in [-0.1, -0.05) is 48.7 Å². The molecule has 2 nitrogen and oxygen atoms in total. The van der Waals surface area contributed by atoms with Gasteiger partial charge in [0, 0.05) is 24.4 Å². The van der Waals surface area contributed by atoms with Crippen LogP contribution in [0.1, 0.15) is 46.5 Å². The molecule has 0 heterocycles. The highest BCUT2D eigenvalue weighted by molar-refractivity contribution is 9.09. The highest BCUT2D eigenvalue weighted by Crippen LogP contribution is 2.36. The molecule has 0 N–H and O–H groups in total. The molecule has 0 aromatic carbocycles. The molecule has 140 valence electrons. The average molecular weight is 434 g/mol. The molecule has 0 amide bonds. The van der Waals surface area contributed by atoms with Crippen molar-refractivity contribution in [3.8, 4) is 11.8 Å². The van der Waals surface area contributed by atoms with Gasteiger partial charge in [0.25, 0.3) is 0 Å². The second-order valence-corrected chi connectivity index (χ2v) is 18.9. The van der Waals surface area contributed by atoms with Gasteiger partial charge in [-0.05, 0) is 44.1 Å². The number of unbranched alkanes of at least 4 members (excludes halogenated alkanes) is 2. The topological polar surface area (TPSA) is 18.5 Å². The molecule has 0 radical (unpaired) electrons. The Balaban J connectivity index is 4.18. The average Bonchev–Trinajstić information content (AvgIpc) is 2.44. The predicted octanol–water partition coefficient (Wildman–Crippen LogP) is 6.28. The second kappa shape index (κ2) is 11.0. The van der Waals surface area contributed by atoms with Crippen LogP contribution in [0.25, 0.3) is 0 Å². The standard InChI is InChI=1S/C19H37BrO2Si2/c1-9-14-18(22-23(5,6)17-20)15-12-10-11-13-16-21-24(7,8)19(2,3)4/h9,18H,1,10-11,13-14,16-17H2,2-8H3. The lowest BCUT2D eigenvalue weighted by Gasteiger charge is -2.36. The van der Waals surface area contributed by atoms with Crippen molar-refractivity contribution >= 4 is 32.6 Å². The molecule has 0 bridgehead atoms. The van der Waals surface area contributed by atoms with Gasteiger partial charge in [-0.25, -0.2) is 0 Å². The summed E-state index contributed by atoms with van der Waals surface area (Å²) in [4.78, 5) is 0.931. The van der Waals surface area contributed by atoms with E-state index in [1.54, 1.807) is 0 Å². The Hall–Kier alpha value is 0.134. The maximum atomic E-state index is 6.19. The van der Waals surface area contributed by atoms with Crippen molar-refractivity contribution < 1.29 is 8.85 Å². The molecule has 1 atom stereocenters. The van der Waals surface area contributed by atoms with Gasteiger partial charge in [0.1, 0.15) is 6.10 Å². The zero-order valence-electron chi connectivity index (χ0n) is 16.8. The summed E-state index contributed by atoms with van der Waals surface area (Å²) in [6.07, 6.45) is 5.76. The zero-order valence-corrected chi connectivity index (χ0v) is 20.4. The summed E-state index contributed by atoms with van der Waals surface area (Å²) in [6.45, 7) is 20.5. The SMILES string of the molecule is C=CCC(C#CCCCCO[Si](C)(C)C(C)(C)C)O[Si](C)(C)CBr. The number of hydrogen-bond acceptors (Lipinski definition) is 2. The van der Waals surface area contributed by atoms with E-state index in [0.29, 0.717) is 0 Å². The summed E-state index contributed by atoms with van der Waals surface area (Å²) in [5.74, 6) is 6.57. The molecule has 0 aliphatic carbocycles. The van der Waals surface area contributed by atoms with Crippen LogP contribution in [0.3, 0.4) is 0 Å². The van der Waals surface area contributed by atoms with Gasteiger partial charge in [0.15, 0.2) is 16.6 Å². The highest BCUT2D eigenvalue weighted by atomic mass is 79.9. The smallest absolute Gasteiger partial charge is 0.198 e. The number of halogens is 1. The maximum Gasteiger partial charge on any atom is 0.198 e. The molecule has 0 rings (SSSR count). The fourth-order valence-corrected chi connectivity index (χ4v) is 4.22. The van der Waals surface area contributed by atoms with E-state index < -0.39 is 16.6 Å². The monoisotopic (exact) mass is 432 g/mol. The van der Waals surface area contributed by atoms with Gasteiger partial charge in [-0.2, -0.15) is 0 Å². The third kappa shape index (κ3) is 10.2. The van der Waals surface area contributed by atoms with Crippen molar-refractivity contribution in [1.29, 1.82) is 0 Å². The number of alkyl halides is 1. The highest BCUT2D eigenvalue weighted by Gasteiger charge is 2.36. The van der Waals surface area contributed by atoms with Crippen LogP contribution in [0.5, 0.6) is 0 Å². The van der Waals surface area contributed by atoms with Gasteiger partial charge in [0.05, 0.1) is 0 Å².